The van der Waals surface area contributed by atoms with E-state index in [0.717, 1.165) is 0 Å². The minimum Gasteiger partial charge on any atom is -0.137 e. The minimum atomic E-state index is 0.659. The molecule has 0 N–H and O–H groups in total. The van der Waals surface area contributed by atoms with E-state index in [4.69, 9.17) is 0 Å². The van der Waals surface area contributed by atoms with Gasteiger partial charge in [0, 0.05) is 0 Å². The molecule has 0 saturated heterocycles. The fourth-order valence-electron chi connectivity index (χ4n) is 0.838. The van der Waals surface area contributed by atoms with Crippen molar-refractivity contribution in [3.05, 3.63) is 54.8 Å². The van der Waals surface area contributed by atoms with Crippen LogP contribution in [0.25, 0.3) is 0 Å². The SMILES string of the molecule is C=C=C.CC(C)c1ccccc1. The summed E-state index contributed by atoms with van der Waals surface area (Å²) < 4.78 is 0. The molecule has 0 radical (unpaired) electrons. The molecule has 0 heteroatoms. The van der Waals surface area contributed by atoms with E-state index < -0.39 is 0 Å². The summed E-state index contributed by atoms with van der Waals surface area (Å²) >= 11 is 0. The second kappa shape index (κ2) is 6.45. The highest BCUT2D eigenvalue weighted by Gasteiger charge is 1.93. The van der Waals surface area contributed by atoms with Gasteiger partial charge in [-0.3, -0.25) is 0 Å². The molecular formula is C12H16. The van der Waals surface area contributed by atoms with Gasteiger partial charge in [0.25, 0.3) is 0 Å². The highest BCUT2D eigenvalue weighted by molar-refractivity contribution is 5.17. The Hall–Kier alpha value is -1.26. The molecule has 0 unspecified atom stereocenters. The summed E-state index contributed by atoms with van der Waals surface area (Å²) in [5.41, 5.74) is 3.66. The Bertz CT molecular complexity index is 225. The summed E-state index contributed by atoms with van der Waals surface area (Å²) in [5.74, 6) is 0.659. The maximum absolute atomic E-state index is 3.12. The fourth-order valence-corrected chi connectivity index (χ4v) is 0.838. The minimum absolute atomic E-state index is 0.659. The van der Waals surface area contributed by atoms with E-state index in [1.54, 1.807) is 0 Å². The van der Waals surface area contributed by atoms with Gasteiger partial charge in [0.05, 0.1) is 0 Å². The van der Waals surface area contributed by atoms with E-state index >= 15 is 0 Å². The third-order valence-corrected chi connectivity index (χ3v) is 1.47. The average Bonchev–Trinajstić information content (AvgIpc) is 2.07. The maximum atomic E-state index is 3.12. The van der Waals surface area contributed by atoms with Crippen LogP contribution in [0.1, 0.15) is 25.3 Å². The predicted molar refractivity (Wildman–Crippen MR) is 55.3 cm³/mol. The molecule has 0 fully saturated rings. The summed E-state index contributed by atoms with van der Waals surface area (Å²) in [5, 5.41) is 0. The lowest BCUT2D eigenvalue weighted by molar-refractivity contribution is 0.867. The lowest BCUT2D eigenvalue weighted by Gasteiger charge is -2.01. The molecule has 1 aromatic rings. The molecule has 0 aliphatic rings. The number of hydrogen-bond acceptors (Lipinski definition) is 0. The molecule has 0 nitrogen and oxygen atoms in total. The van der Waals surface area contributed by atoms with Crippen LogP contribution in [0.15, 0.2) is 49.2 Å². The molecule has 0 saturated carbocycles. The van der Waals surface area contributed by atoms with Crippen LogP contribution >= 0.6 is 0 Å². The van der Waals surface area contributed by atoms with Gasteiger partial charge in [-0.1, -0.05) is 57.3 Å². The summed E-state index contributed by atoms with van der Waals surface area (Å²) in [4.78, 5) is 0. The van der Waals surface area contributed by atoms with E-state index in [9.17, 15) is 0 Å². The summed E-state index contributed by atoms with van der Waals surface area (Å²) in [6.07, 6.45) is 0. The van der Waals surface area contributed by atoms with Gasteiger partial charge in [-0.2, -0.15) is 0 Å². The third kappa shape index (κ3) is 4.54. The third-order valence-electron chi connectivity index (χ3n) is 1.47. The molecule has 0 aliphatic carbocycles. The normalized spacial score (nSPS) is 8.25. The number of rotatable bonds is 1. The highest BCUT2D eigenvalue weighted by atomic mass is 14.0. The van der Waals surface area contributed by atoms with Crippen molar-refractivity contribution < 1.29 is 0 Å². The second-order valence-corrected chi connectivity index (χ2v) is 2.82. The number of benzene rings is 1. The number of hydrogen-bond donors (Lipinski definition) is 0. The molecule has 0 bridgehead atoms. The standard InChI is InChI=1S/C9H12.C3H4/c1-8(2)9-6-4-3-5-7-9;1-3-2/h3-8H,1-2H3;1-2H2. The van der Waals surface area contributed by atoms with Crippen molar-refractivity contribution in [2.45, 2.75) is 19.8 Å². The van der Waals surface area contributed by atoms with Crippen molar-refractivity contribution >= 4 is 0 Å². The molecule has 12 heavy (non-hydrogen) atoms. The largest absolute Gasteiger partial charge is 0.137 e. The lowest BCUT2D eigenvalue weighted by atomic mass is 10.0. The van der Waals surface area contributed by atoms with E-state index in [0.29, 0.717) is 5.92 Å². The van der Waals surface area contributed by atoms with Crippen molar-refractivity contribution in [3.63, 3.8) is 0 Å². The molecular weight excluding hydrogens is 144 g/mol. The zero-order valence-electron chi connectivity index (χ0n) is 7.88. The Labute approximate surface area is 75.2 Å². The molecule has 0 aromatic heterocycles. The van der Waals surface area contributed by atoms with Gasteiger partial charge < -0.3 is 0 Å². The van der Waals surface area contributed by atoms with Crippen LogP contribution in [-0.2, 0) is 0 Å². The van der Waals surface area contributed by atoms with E-state index in [1.165, 1.54) is 5.56 Å². The van der Waals surface area contributed by atoms with Crippen LogP contribution in [0.5, 0.6) is 0 Å². The van der Waals surface area contributed by atoms with Crippen molar-refractivity contribution in [2.24, 2.45) is 0 Å². The van der Waals surface area contributed by atoms with Gasteiger partial charge in [-0.25, -0.2) is 0 Å². The first-order valence-corrected chi connectivity index (χ1v) is 4.06. The maximum Gasteiger partial charge on any atom is -0.0219 e. The Morgan fingerprint density at radius 1 is 1.08 bits per heavy atom. The first-order chi connectivity index (χ1) is 5.72. The van der Waals surface area contributed by atoms with E-state index in [-0.39, 0.29) is 0 Å². The Morgan fingerprint density at radius 3 is 1.75 bits per heavy atom. The Balaban J connectivity index is 0.000000354. The zero-order valence-corrected chi connectivity index (χ0v) is 7.88. The molecule has 1 rings (SSSR count). The van der Waals surface area contributed by atoms with Crippen molar-refractivity contribution in [2.75, 3.05) is 0 Å². The summed E-state index contributed by atoms with van der Waals surface area (Å²) in [6.45, 7) is 10.7. The van der Waals surface area contributed by atoms with Gasteiger partial charge in [0.1, 0.15) is 0 Å². The average molecular weight is 160 g/mol. The van der Waals surface area contributed by atoms with E-state index in [2.05, 4.69) is 57.0 Å². The first-order valence-electron chi connectivity index (χ1n) is 4.06. The van der Waals surface area contributed by atoms with Gasteiger partial charge in [0.2, 0.25) is 0 Å². The quantitative estimate of drug-likeness (QED) is 0.549. The van der Waals surface area contributed by atoms with Crippen molar-refractivity contribution in [3.8, 4) is 0 Å². The molecule has 1 aromatic carbocycles. The second-order valence-electron chi connectivity index (χ2n) is 2.82. The van der Waals surface area contributed by atoms with E-state index in [1.807, 2.05) is 6.07 Å². The fraction of sp³-hybridized carbons (Fsp3) is 0.250. The van der Waals surface area contributed by atoms with Gasteiger partial charge in [-0.05, 0) is 11.5 Å². The molecule has 0 amide bonds. The van der Waals surface area contributed by atoms with Crippen molar-refractivity contribution in [1.29, 1.82) is 0 Å². The summed E-state index contributed by atoms with van der Waals surface area (Å²) in [6, 6.07) is 10.5. The molecule has 0 spiro atoms. The Morgan fingerprint density at radius 2 is 1.50 bits per heavy atom. The van der Waals surface area contributed by atoms with Gasteiger partial charge in [0.15, 0.2) is 0 Å². The summed E-state index contributed by atoms with van der Waals surface area (Å²) in [7, 11) is 0. The van der Waals surface area contributed by atoms with Crippen LogP contribution < -0.4 is 0 Å². The van der Waals surface area contributed by atoms with Crippen LogP contribution in [0.3, 0.4) is 0 Å². The van der Waals surface area contributed by atoms with Crippen LogP contribution in [0.2, 0.25) is 0 Å². The van der Waals surface area contributed by atoms with Gasteiger partial charge in [-0.15, -0.1) is 5.73 Å². The molecule has 64 valence electrons. The van der Waals surface area contributed by atoms with Crippen molar-refractivity contribution in [1.82, 2.24) is 0 Å². The van der Waals surface area contributed by atoms with Gasteiger partial charge >= 0.3 is 0 Å². The predicted octanol–water partition coefficient (Wildman–Crippen LogP) is 3.77. The Kier molecular flexibility index (Phi) is 5.77. The zero-order chi connectivity index (χ0) is 9.40. The molecule has 0 aliphatic heterocycles. The van der Waals surface area contributed by atoms with Crippen LogP contribution in [-0.4, -0.2) is 0 Å². The van der Waals surface area contributed by atoms with Crippen LogP contribution in [0, 0.1) is 0 Å². The highest BCUT2D eigenvalue weighted by Crippen LogP contribution is 2.11. The smallest absolute Gasteiger partial charge is 0.0219 e. The molecule has 0 heterocycles. The lowest BCUT2D eigenvalue weighted by Crippen LogP contribution is -1.83. The topological polar surface area (TPSA) is 0 Å². The first kappa shape index (κ1) is 10.7. The molecule has 0 atom stereocenters. The van der Waals surface area contributed by atoms with Crippen LogP contribution in [0.4, 0.5) is 0 Å². The monoisotopic (exact) mass is 160 g/mol.